The van der Waals surface area contributed by atoms with Gasteiger partial charge in [-0.15, -0.1) is 0 Å². The molecule has 1 amide bonds. The Kier molecular flexibility index (Phi) is 6.74. The van der Waals surface area contributed by atoms with Gasteiger partial charge in [-0.25, -0.2) is 0 Å². The number of hydrogen-bond donors (Lipinski definition) is 1. The molecular formula is C24H32N4O2. The lowest BCUT2D eigenvalue weighted by atomic mass is 10.2. The Labute approximate surface area is 179 Å². The first kappa shape index (κ1) is 20.5. The van der Waals surface area contributed by atoms with Crippen LogP contribution in [0.3, 0.4) is 0 Å². The topological polar surface area (TPSA) is 48.1 Å². The molecule has 0 unspecified atom stereocenters. The third-order valence-electron chi connectivity index (χ3n) is 5.87. The lowest BCUT2D eigenvalue weighted by molar-refractivity contribution is -0.117. The van der Waals surface area contributed by atoms with Gasteiger partial charge in [0.15, 0.2) is 0 Å². The Morgan fingerprint density at radius 2 is 1.60 bits per heavy atom. The maximum absolute atomic E-state index is 12.5. The first-order chi connectivity index (χ1) is 14.7. The van der Waals surface area contributed by atoms with Crippen molar-refractivity contribution < 1.29 is 9.53 Å². The first-order valence-corrected chi connectivity index (χ1v) is 11.1. The van der Waals surface area contributed by atoms with E-state index in [-0.39, 0.29) is 5.91 Å². The Balaban J connectivity index is 1.25. The van der Waals surface area contributed by atoms with Gasteiger partial charge in [0.2, 0.25) is 5.91 Å². The van der Waals surface area contributed by atoms with Gasteiger partial charge in [-0.3, -0.25) is 9.69 Å². The molecule has 2 fully saturated rings. The number of nitrogens with zero attached hydrogens (tertiary/aromatic N) is 3. The van der Waals surface area contributed by atoms with Crippen molar-refractivity contribution in [1.82, 2.24) is 4.90 Å². The van der Waals surface area contributed by atoms with Crippen LogP contribution in [0.15, 0.2) is 48.5 Å². The summed E-state index contributed by atoms with van der Waals surface area (Å²) in [5.41, 5.74) is 3.25. The minimum Gasteiger partial charge on any atom is -0.492 e. The predicted octanol–water partition coefficient (Wildman–Crippen LogP) is 3.45. The quantitative estimate of drug-likeness (QED) is 0.761. The monoisotopic (exact) mass is 408 g/mol. The van der Waals surface area contributed by atoms with Gasteiger partial charge >= 0.3 is 0 Å². The highest BCUT2D eigenvalue weighted by Gasteiger charge is 2.21. The Hall–Kier alpha value is -2.73. The summed E-state index contributed by atoms with van der Waals surface area (Å²) >= 11 is 0. The molecule has 0 saturated carbocycles. The fourth-order valence-corrected chi connectivity index (χ4v) is 4.28. The van der Waals surface area contributed by atoms with Crippen LogP contribution >= 0.6 is 0 Å². The number of anilines is 3. The zero-order valence-corrected chi connectivity index (χ0v) is 17.8. The van der Waals surface area contributed by atoms with Crippen LogP contribution < -0.4 is 19.9 Å². The molecule has 2 aromatic carbocycles. The molecule has 2 aliphatic rings. The lowest BCUT2D eigenvalue weighted by Crippen LogP contribution is -2.48. The van der Waals surface area contributed by atoms with Gasteiger partial charge in [-0.1, -0.05) is 12.1 Å². The molecule has 4 rings (SSSR count). The van der Waals surface area contributed by atoms with Crippen LogP contribution in [0.4, 0.5) is 17.1 Å². The smallest absolute Gasteiger partial charge is 0.238 e. The summed E-state index contributed by atoms with van der Waals surface area (Å²) in [5.74, 6) is 0.982. The van der Waals surface area contributed by atoms with E-state index in [0.717, 1.165) is 56.4 Å². The molecule has 2 heterocycles. The number of para-hydroxylation sites is 2. The van der Waals surface area contributed by atoms with Crippen LogP contribution in [0.5, 0.6) is 5.75 Å². The van der Waals surface area contributed by atoms with Crippen molar-refractivity contribution in [2.45, 2.75) is 19.8 Å². The molecule has 30 heavy (non-hydrogen) atoms. The molecule has 160 valence electrons. The van der Waals surface area contributed by atoms with E-state index >= 15 is 0 Å². The Morgan fingerprint density at radius 1 is 0.900 bits per heavy atom. The number of hydrogen-bond acceptors (Lipinski definition) is 5. The zero-order valence-electron chi connectivity index (χ0n) is 17.8. The van der Waals surface area contributed by atoms with Crippen LogP contribution in [-0.4, -0.2) is 63.2 Å². The first-order valence-electron chi connectivity index (χ1n) is 11.1. The van der Waals surface area contributed by atoms with Crippen molar-refractivity contribution in [2.75, 3.05) is 67.5 Å². The summed E-state index contributed by atoms with van der Waals surface area (Å²) in [6.45, 7) is 8.87. The molecule has 1 N–H and O–H groups in total. The Bertz CT molecular complexity index is 825. The van der Waals surface area contributed by atoms with Crippen molar-refractivity contribution in [2.24, 2.45) is 0 Å². The van der Waals surface area contributed by atoms with E-state index in [1.165, 1.54) is 18.5 Å². The highest BCUT2D eigenvalue weighted by molar-refractivity contribution is 5.92. The Morgan fingerprint density at radius 3 is 2.30 bits per heavy atom. The number of carbonyl (C=O) groups is 1. The number of amides is 1. The number of nitrogens with one attached hydrogen (secondary N) is 1. The molecule has 2 aromatic rings. The van der Waals surface area contributed by atoms with Crippen molar-refractivity contribution in [1.29, 1.82) is 0 Å². The van der Waals surface area contributed by atoms with E-state index in [1.807, 2.05) is 37.3 Å². The molecule has 0 atom stereocenters. The van der Waals surface area contributed by atoms with Gasteiger partial charge in [0.25, 0.3) is 0 Å². The van der Waals surface area contributed by atoms with Crippen LogP contribution in [0.2, 0.25) is 0 Å². The number of ether oxygens (including phenoxy) is 1. The molecule has 0 aliphatic carbocycles. The normalized spacial score (nSPS) is 17.2. The van der Waals surface area contributed by atoms with E-state index in [0.29, 0.717) is 13.2 Å². The van der Waals surface area contributed by atoms with Gasteiger partial charge in [0.05, 0.1) is 18.8 Å². The molecule has 0 aromatic heterocycles. The average Bonchev–Trinajstić information content (AvgIpc) is 3.30. The minimum atomic E-state index is 0.0482. The van der Waals surface area contributed by atoms with E-state index in [4.69, 9.17) is 4.74 Å². The van der Waals surface area contributed by atoms with Crippen LogP contribution in [0.25, 0.3) is 0 Å². The predicted molar refractivity (Wildman–Crippen MR) is 123 cm³/mol. The summed E-state index contributed by atoms with van der Waals surface area (Å²) in [7, 11) is 0. The van der Waals surface area contributed by atoms with E-state index in [2.05, 4.69) is 38.2 Å². The summed E-state index contributed by atoms with van der Waals surface area (Å²) in [6, 6.07) is 16.4. The molecule has 0 bridgehead atoms. The van der Waals surface area contributed by atoms with Crippen LogP contribution in [0.1, 0.15) is 19.8 Å². The fraction of sp³-hybridized carbons (Fsp3) is 0.458. The maximum Gasteiger partial charge on any atom is 0.238 e. The van der Waals surface area contributed by atoms with Crippen molar-refractivity contribution in [3.8, 4) is 5.75 Å². The number of rotatable bonds is 7. The standard InChI is InChI=1S/C24H32N4O2/c1-2-30-23-8-4-3-7-22(23)28-17-15-26(16-18-28)19-24(29)25-20-9-11-21(12-10-20)27-13-5-6-14-27/h3-4,7-12H,2,5-6,13-19H2,1H3,(H,25,29). The second-order valence-corrected chi connectivity index (χ2v) is 7.95. The number of carbonyl (C=O) groups excluding carboxylic acids is 1. The van der Waals surface area contributed by atoms with Gasteiger partial charge in [-0.05, 0) is 56.2 Å². The van der Waals surface area contributed by atoms with Crippen molar-refractivity contribution in [3.05, 3.63) is 48.5 Å². The molecule has 6 heteroatoms. The van der Waals surface area contributed by atoms with E-state index in [1.54, 1.807) is 0 Å². The van der Waals surface area contributed by atoms with Gasteiger partial charge in [0, 0.05) is 50.6 Å². The summed E-state index contributed by atoms with van der Waals surface area (Å²) < 4.78 is 5.77. The number of benzene rings is 2. The highest BCUT2D eigenvalue weighted by atomic mass is 16.5. The van der Waals surface area contributed by atoms with Crippen LogP contribution in [-0.2, 0) is 4.79 Å². The third-order valence-corrected chi connectivity index (χ3v) is 5.87. The van der Waals surface area contributed by atoms with Gasteiger partial charge in [0.1, 0.15) is 5.75 Å². The molecule has 2 aliphatic heterocycles. The second kappa shape index (κ2) is 9.85. The largest absolute Gasteiger partial charge is 0.492 e. The SMILES string of the molecule is CCOc1ccccc1N1CCN(CC(=O)Nc2ccc(N3CCCC3)cc2)CC1. The third kappa shape index (κ3) is 5.05. The molecule has 0 radical (unpaired) electrons. The fourth-order valence-electron chi connectivity index (χ4n) is 4.28. The summed E-state index contributed by atoms with van der Waals surface area (Å²) in [5, 5.41) is 3.04. The highest BCUT2D eigenvalue weighted by Crippen LogP contribution is 2.28. The molecule has 2 saturated heterocycles. The molecule has 0 spiro atoms. The van der Waals surface area contributed by atoms with Crippen molar-refractivity contribution in [3.63, 3.8) is 0 Å². The lowest BCUT2D eigenvalue weighted by Gasteiger charge is -2.36. The zero-order chi connectivity index (χ0) is 20.8. The maximum atomic E-state index is 12.5. The van der Waals surface area contributed by atoms with Crippen molar-refractivity contribution >= 4 is 23.0 Å². The van der Waals surface area contributed by atoms with Gasteiger partial charge < -0.3 is 19.9 Å². The minimum absolute atomic E-state index is 0.0482. The summed E-state index contributed by atoms with van der Waals surface area (Å²) in [4.78, 5) is 19.5. The second-order valence-electron chi connectivity index (χ2n) is 7.95. The summed E-state index contributed by atoms with van der Waals surface area (Å²) in [6.07, 6.45) is 2.53. The van der Waals surface area contributed by atoms with E-state index in [9.17, 15) is 4.79 Å². The molecule has 6 nitrogen and oxygen atoms in total. The average molecular weight is 409 g/mol. The van der Waals surface area contributed by atoms with Crippen LogP contribution in [0, 0.1) is 0 Å². The van der Waals surface area contributed by atoms with Gasteiger partial charge in [-0.2, -0.15) is 0 Å². The number of piperazine rings is 1. The van der Waals surface area contributed by atoms with E-state index < -0.39 is 0 Å². The molecular weight excluding hydrogens is 376 g/mol.